The monoisotopic (exact) mass is 288 g/mol. The Labute approximate surface area is 131 Å². The maximum Gasteiger partial charge on any atom is 0.0824 e. The molecule has 1 N–H and O–H groups in total. The van der Waals surface area contributed by atoms with Gasteiger partial charge in [-0.2, -0.15) is 0 Å². The zero-order valence-corrected chi connectivity index (χ0v) is 13.8. The fourth-order valence-corrected chi connectivity index (χ4v) is 2.67. The summed E-state index contributed by atoms with van der Waals surface area (Å²) in [5.41, 5.74) is 1.01. The molecule has 0 heterocycles. The SMILES string of the molecule is CCCCCCC(CC)C/C=C/CC(O)c1ccccc1. The van der Waals surface area contributed by atoms with Crippen LogP contribution in [0.2, 0.25) is 0 Å². The lowest BCUT2D eigenvalue weighted by Crippen LogP contribution is -1.98. The van der Waals surface area contributed by atoms with Gasteiger partial charge < -0.3 is 5.11 Å². The maximum absolute atomic E-state index is 10.1. The summed E-state index contributed by atoms with van der Waals surface area (Å²) >= 11 is 0. The number of unbranched alkanes of at least 4 members (excludes halogenated alkanes) is 3. The molecule has 1 rings (SSSR count). The molecule has 1 heteroatoms. The first-order valence-electron chi connectivity index (χ1n) is 8.65. The molecule has 2 unspecified atom stereocenters. The van der Waals surface area contributed by atoms with E-state index in [9.17, 15) is 5.11 Å². The molecule has 21 heavy (non-hydrogen) atoms. The van der Waals surface area contributed by atoms with Gasteiger partial charge in [0.15, 0.2) is 0 Å². The Morgan fingerprint density at radius 2 is 1.67 bits per heavy atom. The second-order valence-electron chi connectivity index (χ2n) is 5.99. The van der Waals surface area contributed by atoms with Gasteiger partial charge in [0.25, 0.3) is 0 Å². The zero-order chi connectivity index (χ0) is 15.3. The van der Waals surface area contributed by atoms with E-state index < -0.39 is 0 Å². The van der Waals surface area contributed by atoms with Crippen molar-refractivity contribution in [3.05, 3.63) is 48.0 Å². The number of rotatable bonds is 11. The van der Waals surface area contributed by atoms with Gasteiger partial charge in [-0.3, -0.25) is 0 Å². The van der Waals surface area contributed by atoms with Crippen molar-refractivity contribution in [3.8, 4) is 0 Å². The summed E-state index contributed by atoms with van der Waals surface area (Å²) in [4.78, 5) is 0. The van der Waals surface area contributed by atoms with Crippen LogP contribution < -0.4 is 0 Å². The normalized spacial score (nSPS) is 14.4. The topological polar surface area (TPSA) is 20.2 Å². The molecule has 0 saturated carbocycles. The second kappa shape index (κ2) is 11.6. The summed E-state index contributed by atoms with van der Waals surface area (Å²) in [7, 11) is 0. The standard InChI is InChI=1S/C20H32O/c1-3-5-6-8-13-18(4-2)14-11-12-17-20(21)19-15-9-7-10-16-19/h7,9-12,15-16,18,20-21H,3-6,8,13-14,17H2,1-2H3/b12-11+. The zero-order valence-electron chi connectivity index (χ0n) is 13.8. The molecule has 118 valence electrons. The van der Waals surface area contributed by atoms with Gasteiger partial charge in [0.2, 0.25) is 0 Å². The third kappa shape index (κ3) is 8.06. The summed E-state index contributed by atoms with van der Waals surface area (Å²) < 4.78 is 0. The third-order valence-corrected chi connectivity index (χ3v) is 4.22. The van der Waals surface area contributed by atoms with Crippen LogP contribution in [0.5, 0.6) is 0 Å². The summed E-state index contributed by atoms with van der Waals surface area (Å²) in [6.45, 7) is 4.55. The van der Waals surface area contributed by atoms with Gasteiger partial charge in [-0.05, 0) is 24.3 Å². The lowest BCUT2D eigenvalue weighted by Gasteiger charge is -2.12. The van der Waals surface area contributed by atoms with Gasteiger partial charge in [-0.25, -0.2) is 0 Å². The first kappa shape index (κ1) is 18.0. The molecule has 1 aromatic carbocycles. The fourth-order valence-electron chi connectivity index (χ4n) is 2.67. The van der Waals surface area contributed by atoms with Gasteiger partial charge in [-0.1, -0.05) is 94.9 Å². The molecular weight excluding hydrogens is 256 g/mol. The van der Waals surface area contributed by atoms with Crippen molar-refractivity contribution < 1.29 is 5.11 Å². The van der Waals surface area contributed by atoms with Crippen molar-refractivity contribution in [2.24, 2.45) is 5.92 Å². The highest BCUT2D eigenvalue weighted by molar-refractivity contribution is 5.17. The van der Waals surface area contributed by atoms with Crippen molar-refractivity contribution in [1.82, 2.24) is 0 Å². The van der Waals surface area contributed by atoms with Crippen LogP contribution in [0.15, 0.2) is 42.5 Å². The average molecular weight is 288 g/mol. The van der Waals surface area contributed by atoms with E-state index in [1.165, 1.54) is 38.5 Å². The van der Waals surface area contributed by atoms with E-state index in [2.05, 4.69) is 26.0 Å². The van der Waals surface area contributed by atoms with Crippen LogP contribution >= 0.6 is 0 Å². The number of aliphatic hydroxyl groups is 1. The molecular formula is C20H32O. The molecule has 1 aromatic rings. The second-order valence-corrected chi connectivity index (χ2v) is 5.99. The minimum atomic E-state index is -0.368. The number of hydrogen-bond acceptors (Lipinski definition) is 1. The molecule has 0 aromatic heterocycles. The Balaban J connectivity index is 2.22. The largest absolute Gasteiger partial charge is 0.388 e. The average Bonchev–Trinajstić information content (AvgIpc) is 2.54. The summed E-state index contributed by atoms with van der Waals surface area (Å²) in [6.07, 6.45) is 14.0. The van der Waals surface area contributed by atoms with Gasteiger partial charge in [0, 0.05) is 0 Å². The van der Waals surface area contributed by atoms with Gasteiger partial charge >= 0.3 is 0 Å². The van der Waals surface area contributed by atoms with Crippen molar-refractivity contribution in [3.63, 3.8) is 0 Å². The van der Waals surface area contributed by atoms with E-state index >= 15 is 0 Å². The minimum absolute atomic E-state index is 0.368. The number of allylic oxidation sites excluding steroid dienone is 1. The van der Waals surface area contributed by atoms with E-state index in [1.54, 1.807) is 0 Å². The lowest BCUT2D eigenvalue weighted by molar-refractivity contribution is 0.181. The van der Waals surface area contributed by atoms with E-state index in [1.807, 2.05) is 30.3 Å². The van der Waals surface area contributed by atoms with Gasteiger partial charge in [0.05, 0.1) is 6.10 Å². The van der Waals surface area contributed by atoms with Crippen LogP contribution in [0.25, 0.3) is 0 Å². The molecule has 2 atom stereocenters. The fraction of sp³-hybridized carbons (Fsp3) is 0.600. The number of aliphatic hydroxyl groups excluding tert-OH is 1. The highest BCUT2D eigenvalue weighted by atomic mass is 16.3. The van der Waals surface area contributed by atoms with Crippen molar-refractivity contribution >= 4 is 0 Å². The molecule has 0 aliphatic rings. The molecule has 0 saturated heterocycles. The first-order chi connectivity index (χ1) is 10.3. The van der Waals surface area contributed by atoms with Crippen molar-refractivity contribution in [2.75, 3.05) is 0 Å². The van der Waals surface area contributed by atoms with Crippen LogP contribution in [0, 0.1) is 5.92 Å². The first-order valence-corrected chi connectivity index (χ1v) is 8.65. The predicted molar refractivity (Wildman–Crippen MR) is 92.3 cm³/mol. The summed E-state index contributed by atoms with van der Waals surface area (Å²) in [5.74, 6) is 0.812. The Morgan fingerprint density at radius 1 is 0.952 bits per heavy atom. The van der Waals surface area contributed by atoms with E-state index in [0.717, 1.165) is 24.3 Å². The predicted octanol–water partition coefficient (Wildman–Crippen LogP) is 6.05. The molecule has 0 spiro atoms. The highest BCUT2D eigenvalue weighted by Crippen LogP contribution is 2.20. The van der Waals surface area contributed by atoms with Gasteiger partial charge in [0.1, 0.15) is 0 Å². The van der Waals surface area contributed by atoms with E-state index in [4.69, 9.17) is 0 Å². The Kier molecular flexibility index (Phi) is 9.90. The molecule has 1 nitrogen and oxygen atoms in total. The Morgan fingerprint density at radius 3 is 2.33 bits per heavy atom. The molecule has 0 fully saturated rings. The molecule has 0 aliphatic carbocycles. The highest BCUT2D eigenvalue weighted by Gasteiger charge is 2.05. The van der Waals surface area contributed by atoms with Crippen LogP contribution in [-0.4, -0.2) is 5.11 Å². The van der Waals surface area contributed by atoms with Crippen LogP contribution in [0.3, 0.4) is 0 Å². The Hall–Kier alpha value is -1.08. The summed E-state index contributed by atoms with van der Waals surface area (Å²) in [6, 6.07) is 9.91. The van der Waals surface area contributed by atoms with Crippen LogP contribution in [0.1, 0.15) is 76.9 Å². The summed E-state index contributed by atoms with van der Waals surface area (Å²) in [5, 5.41) is 10.1. The van der Waals surface area contributed by atoms with Crippen molar-refractivity contribution in [1.29, 1.82) is 0 Å². The maximum atomic E-state index is 10.1. The van der Waals surface area contributed by atoms with Crippen LogP contribution in [0.4, 0.5) is 0 Å². The molecule has 0 amide bonds. The molecule has 0 radical (unpaired) electrons. The van der Waals surface area contributed by atoms with Crippen molar-refractivity contribution in [2.45, 2.75) is 71.3 Å². The lowest BCUT2D eigenvalue weighted by atomic mass is 9.94. The van der Waals surface area contributed by atoms with E-state index in [-0.39, 0.29) is 6.10 Å². The minimum Gasteiger partial charge on any atom is -0.388 e. The van der Waals surface area contributed by atoms with Gasteiger partial charge in [-0.15, -0.1) is 0 Å². The molecule has 0 aliphatic heterocycles. The molecule has 0 bridgehead atoms. The Bertz CT molecular complexity index is 369. The van der Waals surface area contributed by atoms with E-state index in [0.29, 0.717) is 0 Å². The number of benzene rings is 1. The smallest absolute Gasteiger partial charge is 0.0824 e. The van der Waals surface area contributed by atoms with Crippen LogP contribution in [-0.2, 0) is 0 Å². The number of hydrogen-bond donors (Lipinski definition) is 1. The third-order valence-electron chi connectivity index (χ3n) is 4.22. The quantitative estimate of drug-likeness (QED) is 0.388.